The van der Waals surface area contributed by atoms with Crippen LogP contribution in [0.3, 0.4) is 0 Å². The number of benzene rings is 2. The highest BCUT2D eigenvalue weighted by atomic mass is 16.5. The minimum Gasteiger partial charge on any atom is -0.481 e. The molecule has 0 heterocycles. The van der Waals surface area contributed by atoms with Gasteiger partial charge in [0, 0.05) is 24.9 Å². The van der Waals surface area contributed by atoms with E-state index in [4.69, 9.17) is 9.84 Å². The molecule has 180 valence electrons. The summed E-state index contributed by atoms with van der Waals surface area (Å²) < 4.78 is 5.52. The van der Waals surface area contributed by atoms with Crippen LogP contribution in [0.5, 0.6) is 0 Å². The van der Waals surface area contributed by atoms with E-state index in [0.717, 1.165) is 19.3 Å². The van der Waals surface area contributed by atoms with Gasteiger partial charge in [0.15, 0.2) is 0 Å². The molecule has 3 N–H and O–H groups in total. The number of fused-ring (bicyclic) bond motifs is 3. The number of hydrogen-bond donors (Lipinski definition) is 3. The maximum Gasteiger partial charge on any atom is 0.407 e. The van der Waals surface area contributed by atoms with Gasteiger partial charge in [0.05, 0.1) is 6.42 Å². The summed E-state index contributed by atoms with van der Waals surface area (Å²) >= 11 is 0. The first-order valence-corrected chi connectivity index (χ1v) is 12.1. The topological polar surface area (TPSA) is 105 Å². The summed E-state index contributed by atoms with van der Waals surface area (Å²) in [6.45, 7) is 0.694. The third-order valence-corrected chi connectivity index (χ3v) is 6.90. The lowest BCUT2D eigenvalue weighted by atomic mass is 9.78. The van der Waals surface area contributed by atoms with Crippen molar-refractivity contribution in [1.29, 1.82) is 0 Å². The van der Waals surface area contributed by atoms with Gasteiger partial charge < -0.3 is 20.5 Å². The second kappa shape index (κ2) is 11.2. The molecule has 34 heavy (non-hydrogen) atoms. The lowest BCUT2D eigenvalue weighted by Gasteiger charge is -2.33. The molecule has 0 radical (unpaired) electrons. The van der Waals surface area contributed by atoms with Crippen molar-refractivity contribution >= 4 is 18.0 Å². The number of carbonyl (C=O) groups is 3. The van der Waals surface area contributed by atoms with Crippen LogP contribution in [0.4, 0.5) is 4.79 Å². The number of hydrogen-bond acceptors (Lipinski definition) is 4. The van der Waals surface area contributed by atoms with Gasteiger partial charge >= 0.3 is 12.1 Å². The number of alkyl carbamates (subject to hydrolysis) is 1. The molecule has 0 bridgehead atoms. The van der Waals surface area contributed by atoms with Gasteiger partial charge in [0.1, 0.15) is 6.61 Å². The lowest BCUT2D eigenvalue weighted by molar-refractivity contribution is -0.138. The summed E-state index contributed by atoms with van der Waals surface area (Å²) in [5.74, 6) is -0.713. The van der Waals surface area contributed by atoms with Crippen molar-refractivity contribution in [2.75, 3.05) is 13.2 Å². The fraction of sp³-hybridized carbons (Fsp3) is 0.444. The number of carboxylic acid groups (broad SMARTS) is 1. The number of nitrogens with one attached hydrogen (secondary N) is 2. The zero-order valence-corrected chi connectivity index (χ0v) is 19.3. The van der Waals surface area contributed by atoms with E-state index in [2.05, 4.69) is 34.9 Å². The Morgan fingerprint density at radius 1 is 0.971 bits per heavy atom. The van der Waals surface area contributed by atoms with Crippen LogP contribution in [0.1, 0.15) is 62.0 Å². The largest absolute Gasteiger partial charge is 0.481 e. The molecule has 1 unspecified atom stereocenters. The first-order valence-electron chi connectivity index (χ1n) is 12.1. The fourth-order valence-corrected chi connectivity index (χ4v) is 4.90. The van der Waals surface area contributed by atoms with Crippen molar-refractivity contribution in [2.45, 2.75) is 56.9 Å². The monoisotopic (exact) mass is 464 g/mol. The quantitative estimate of drug-likeness (QED) is 0.426. The van der Waals surface area contributed by atoms with Crippen molar-refractivity contribution in [3.05, 3.63) is 59.7 Å². The van der Waals surface area contributed by atoms with Crippen LogP contribution in [-0.2, 0) is 14.3 Å². The highest BCUT2D eigenvalue weighted by Gasteiger charge is 2.30. The van der Waals surface area contributed by atoms with Gasteiger partial charge in [-0.05, 0) is 53.9 Å². The summed E-state index contributed by atoms with van der Waals surface area (Å²) in [5.41, 5.74) is 4.72. The van der Waals surface area contributed by atoms with E-state index in [0.29, 0.717) is 25.8 Å². The third kappa shape index (κ3) is 5.76. The van der Waals surface area contributed by atoms with Crippen LogP contribution < -0.4 is 10.6 Å². The van der Waals surface area contributed by atoms with Crippen molar-refractivity contribution in [2.24, 2.45) is 5.92 Å². The van der Waals surface area contributed by atoms with E-state index >= 15 is 0 Å². The van der Waals surface area contributed by atoms with Crippen molar-refractivity contribution in [1.82, 2.24) is 10.6 Å². The van der Waals surface area contributed by atoms with Gasteiger partial charge in [0.2, 0.25) is 5.91 Å². The lowest BCUT2D eigenvalue weighted by Crippen LogP contribution is -2.44. The number of unbranched alkanes of at least 4 members (excludes halogenated alkanes) is 1. The number of carboxylic acids is 1. The molecule has 2 aromatic rings. The molecule has 0 aliphatic heterocycles. The smallest absolute Gasteiger partial charge is 0.407 e. The van der Waals surface area contributed by atoms with Crippen LogP contribution in [0, 0.1) is 5.92 Å². The standard InChI is InChI=1S/C27H32N2O5/c30-25(29-24(16-26(31)32)18-8-7-9-18)14-5-6-15-28-27(33)34-17-23-21-12-3-1-10-19(21)20-11-2-4-13-22(20)23/h1-4,10-13,18,23-24H,5-9,14-17H2,(H,28,33)(H,29,30)(H,31,32). The molecule has 7 nitrogen and oxygen atoms in total. The second-order valence-electron chi connectivity index (χ2n) is 9.17. The van der Waals surface area contributed by atoms with Gasteiger partial charge in [-0.15, -0.1) is 0 Å². The molecule has 1 atom stereocenters. The highest BCUT2D eigenvalue weighted by Crippen LogP contribution is 2.44. The Hall–Kier alpha value is -3.35. The van der Waals surface area contributed by atoms with Crippen molar-refractivity contribution < 1.29 is 24.2 Å². The van der Waals surface area contributed by atoms with Crippen LogP contribution >= 0.6 is 0 Å². The molecule has 2 aliphatic rings. The molecule has 1 saturated carbocycles. The second-order valence-corrected chi connectivity index (χ2v) is 9.17. The maximum absolute atomic E-state index is 12.2. The molecule has 0 spiro atoms. The molecule has 2 aromatic carbocycles. The number of aliphatic carboxylic acids is 1. The van der Waals surface area contributed by atoms with Crippen LogP contribution in [0.15, 0.2) is 48.5 Å². The number of carbonyl (C=O) groups excluding carboxylic acids is 2. The summed E-state index contributed by atoms with van der Waals surface area (Å²) in [7, 11) is 0. The van der Waals surface area contributed by atoms with Crippen molar-refractivity contribution in [3.8, 4) is 11.1 Å². The summed E-state index contributed by atoms with van der Waals surface area (Å²) in [5, 5.41) is 14.7. The first-order chi connectivity index (χ1) is 16.5. The Morgan fingerprint density at radius 2 is 1.62 bits per heavy atom. The molecule has 4 rings (SSSR count). The summed E-state index contributed by atoms with van der Waals surface area (Å²) in [6, 6.07) is 16.1. The van der Waals surface area contributed by atoms with E-state index in [1.54, 1.807) is 0 Å². The Balaban J connectivity index is 1.15. The Kier molecular flexibility index (Phi) is 7.83. The van der Waals surface area contributed by atoms with E-state index < -0.39 is 12.1 Å². The zero-order valence-electron chi connectivity index (χ0n) is 19.3. The zero-order chi connectivity index (χ0) is 23.9. The average Bonchev–Trinajstić information content (AvgIpc) is 3.09. The molecule has 0 saturated heterocycles. The van der Waals surface area contributed by atoms with Gasteiger partial charge in [-0.25, -0.2) is 4.79 Å². The minimum atomic E-state index is -0.885. The molecule has 2 aliphatic carbocycles. The Labute approximate surface area is 199 Å². The fourth-order valence-electron chi connectivity index (χ4n) is 4.90. The molecule has 2 amide bonds. The number of ether oxygens (including phenoxy) is 1. The maximum atomic E-state index is 12.2. The van der Waals surface area contributed by atoms with Crippen LogP contribution in [0.2, 0.25) is 0 Å². The minimum absolute atomic E-state index is 0.0243. The highest BCUT2D eigenvalue weighted by molar-refractivity contribution is 5.79. The van der Waals surface area contributed by atoms with E-state index in [-0.39, 0.29) is 36.8 Å². The summed E-state index contributed by atoms with van der Waals surface area (Å²) in [6.07, 6.45) is 4.13. The van der Waals surface area contributed by atoms with Gasteiger partial charge in [-0.1, -0.05) is 55.0 Å². The average molecular weight is 465 g/mol. The van der Waals surface area contributed by atoms with Gasteiger partial charge in [-0.2, -0.15) is 0 Å². The predicted molar refractivity (Wildman–Crippen MR) is 128 cm³/mol. The van der Waals surface area contributed by atoms with E-state index in [1.807, 2.05) is 24.3 Å². The predicted octanol–water partition coefficient (Wildman–Crippen LogP) is 4.46. The van der Waals surface area contributed by atoms with E-state index in [1.165, 1.54) is 22.3 Å². The van der Waals surface area contributed by atoms with Crippen molar-refractivity contribution in [3.63, 3.8) is 0 Å². The Morgan fingerprint density at radius 3 is 2.21 bits per heavy atom. The van der Waals surface area contributed by atoms with E-state index in [9.17, 15) is 14.4 Å². The van der Waals surface area contributed by atoms with Gasteiger partial charge in [0.25, 0.3) is 0 Å². The molecule has 1 fully saturated rings. The molecule has 0 aromatic heterocycles. The normalized spacial score (nSPS) is 15.5. The third-order valence-electron chi connectivity index (χ3n) is 6.90. The van der Waals surface area contributed by atoms with Crippen LogP contribution in [-0.4, -0.2) is 42.3 Å². The van der Waals surface area contributed by atoms with Crippen LogP contribution in [0.25, 0.3) is 11.1 Å². The summed E-state index contributed by atoms with van der Waals surface area (Å²) in [4.78, 5) is 35.5. The number of rotatable bonds is 11. The van der Waals surface area contributed by atoms with Gasteiger partial charge in [-0.3, -0.25) is 9.59 Å². The molecule has 7 heteroatoms. The molecular weight excluding hydrogens is 432 g/mol. The Bertz CT molecular complexity index is 988. The SMILES string of the molecule is O=C(O)CC(NC(=O)CCCCNC(=O)OCC1c2ccccc2-c2ccccc21)C1CCC1. The first kappa shape index (κ1) is 23.8. The number of amides is 2. The molecular formula is C27H32N2O5.